The monoisotopic (exact) mass is 342 g/mol. The van der Waals surface area contributed by atoms with Crippen LogP contribution in [-0.4, -0.2) is 0 Å². The minimum absolute atomic E-state index is 0. The highest BCUT2D eigenvalue weighted by molar-refractivity contribution is 5.93. The summed E-state index contributed by atoms with van der Waals surface area (Å²) in [4.78, 5) is 6.86. The maximum atomic E-state index is 3.53. The summed E-state index contributed by atoms with van der Waals surface area (Å²) in [5, 5.41) is 2.57. The minimum Gasteiger partial charge on any atom is -1.00 e. The zero-order valence-electron chi connectivity index (χ0n) is 12.4. The van der Waals surface area contributed by atoms with Crippen LogP contribution in [0, 0.1) is 0 Å². The number of para-hydroxylation sites is 2. The second-order valence-electron chi connectivity index (χ2n) is 5.26. The first kappa shape index (κ1) is 17.2. The summed E-state index contributed by atoms with van der Waals surface area (Å²) in [7, 11) is 0. The lowest BCUT2D eigenvalue weighted by molar-refractivity contribution is -0.389. The van der Waals surface area contributed by atoms with Crippen LogP contribution in [0.1, 0.15) is 11.3 Å². The van der Waals surface area contributed by atoms with Gasteiger partial charge in [-0.05, 0) is 17.7 Å². The first-order chi connectivity index (χ1) is 10.4. The fraction of sp³-hybridized carbons (Fsp3) is 0.0526. The number of hydrogen-bond donors (Lipinski definition) is 0. The van der Waals surface area contributed by atoms with Crippen LogP contribution < -0.4 is 34.8 Å². The number of H-pyrrole nitrogens is 2. The average molecular weight is 343 g/mol. The van der Waals surface area contributed by atoms with Gasteiger partial charge in [0, 0.05) is 24.3 Å². The number of halogens is 2. The molecule has 4 aromatic rings. The van der Waals surface area contributed by atoms with Crippen molar-refractivity contribution in [2.75, 3.05) is 0 Å². The third kappa shape index (κ3) is 3.29. The van der Waals surface area contributed by atoms with Crippen LogP contribution in [0.2, 0.25) is 0 Å². The molecule has 0 atom stereocenters. The number of benzene rings is 2. The van der Waals surface area contributed by atoms with Gasteiger partial charge in [0.25, 0.3) is 0 Å². The van der Waals surface area contributed by atoms with Crippen LogP contribution in [0.3, 0.4) is 0 Å². The molecule has 4 rings (SSSR count). The third-order valence-corrected chi connectivity index (χ3v) is 3.91. The molecule has 2 N–H and O–H groups in total. The van der Waals surface area contributed by atoms with E-state index < -0.39 is 0 Å². The molecule has 0 amide bonds. The van der Waals surface area contributed by atoms with Gasteiger partial charge < -0.3 is 24.8 Å². The maximum Gasteiger partial charge on any atom is 0.211 e. The van der Waals surface area contributed by atoms with E-state index in [4.69, 9.17) is 0 Å². The molecular weight excluding hydrogens is 327 g/mol. The molecule has 0 fully saturated rings. The van der Waals surface area contributed by atoms with Crippen molar-refractivity contribution in [3.05, 3.63) is 84.2 Å². The Bertz CT molecular complexity index is 870. The summed E-state index contributed by atoms with van der Waals surface area (Å²) in [5.41, 5.74) is 4.95. The van der Waals surface area contributed by atoms with Gasteiger partial charge in [-0.25, -0.2) is 9.97 Å². The number of aromatic amines is 2. The summed E-state index contributed by atoms with van der Waals surface area (Å²) in [6.45, 7) is 0. The van der Waals surface area contributed by atoms with Crippen molar-refractivity contribution in [3.8, 4) is 0 Å². The minimum atomic E-state index is 0. The van der Waals surface area contributed by atoms with E-state index in [0.29, 0.717) is 0 Å². The zero-order chi connectivity index (χ0) is 14.1. The Morgan fingerprint density at radius 1 is 0.652 bits per heavy atom. The summed E-state index contributed by atoms with van der Waals surface area (Å²) in [6.07, 6.45) is 2.88. The van der Waals surface area contributed by atoms with E-state index in [9.17, 15) is 0 Å². The van der Waals surface area contributed by atoms with Crippen LogP contribution in [0.5, 0.6) is 0 Å². The number of nitrogens with one attached hydrogen (secondary N) is 2. The molecule has 2 nitrogen and oxygen atoms in total. The smallest absolute Gasteiger partial charge is 0.211 e. The summed E-state index contributed by atoms with van der Waals surface area (Å²) in [6, 6.07) is 23.2. The standard InChI is InChI=1S/C19H14N2.2ClH/c1-3-10-18-15(8-1)17(13-14-7-5-6-12-20-14)16-9-2-4-11-19(16)21-18;;/h1-12H,13H2;2*1H. The first-order valence-corrected chi connectivity index (χ1v) is 7.19. The highest BCUT2D eigenvalue weighted by atomic mass is 35.5. The third-order valence-electron chi connectivity index (χ3n) is 3.91. The summed E-state index contributed by atoms with van der Waals surface area (Å²) >= 11 is 0. The van der Waals surface area contributed by atoms with Crippen LogP contribution in [0.4, 0.5) is 0 Å². The van der Waals surface area contributed by atoms with E-state index in [1.165, 1.54) is 33.1 Å². The van der Waals surface area contributed by atoms with E-state index in [1.807, 2.05) is 12.3 Å². The fourth-order valence-corrected chi connectivity index (χ4v) is 2.92. The topological polar surface area (TPSA) is 28.3 Å². The van der Waals surface area contributed by atoms with Gasteiger partial charge in [-0.3, -0.25) is 0 Å². The highest BCUT2D eigenvalue weighted by Gasteiger charge is 2.15. The molecule has 0 saturated heterocycles. The lowest BCUT2D eigenvalue weighted by Gasteiger charge is -2.05. The number of hydrogen-bond acceptors (Lipinski definition) is 0. The Hall–Kier alpha value is -2.16. The largest absolute Gasteiger partial charge is 1.00 e. The summed E-state index contributed by atoms with van der Waals surface area (Å²) in [5.74, 6) is 0. The molecule has 23 heavy (non-hydrogen) atoms. The van der Waals surface area contributed by atoms with Crippen molar-refractivity contribution < 1.29 is 34.8 Å². The van der Waals surface area contributed by atoms with Crippen molar-refractivity contribution in [1.29, 1.82) is 0 Å². The Morgan fingerprint density at radius 2 is 1.22 bits per heavy atom. The number of pyridine rings is 2. The lowest BCUT2D eigenvalue weighted by atomic mass is 9.98. The molecule has 0 bridgehead atoms. The molecule has 2 aromatic carbocycles. The highest BCUT2D eigenvalue weighted by Crippen LogP contribution is 2.24. The van der Waals surface area contributed by atoms with E-state index in [1.54, 1.807) is 0 Å². The number of rotatable bonds is 2. The van der Waals surface area contributed by atoms with Crippen LogP contribution >= 0.6 is 0 Å². The van der Waals surface area contributed by atoms with Crippen LogP contribution in [0.15, 0.2) is 72.9 Å². The molecule has 0 unspecified atom stereocenters. The van der Waals surface area contributed by atoms with Crippen molar-refractivity contribution in [2.45, 2.75) is 6.42 Å². The predicted molar refractivity (Wildman–Crippen MR) is 83.8 cm³/mol. The molecule has 4 heteroatoms. The molecule has 0 aliphatic rings. The molecule has 0 saturated carbocycles. The van der Waals surface area contributed by atoms with Crippen molar-refractivity contribution in [1.82, 2.24) is 0 Å². The number of aromatic nitrogens is 2. The quantitative estimate of drug-likeness (QED) is 0.353. The van der Waals surface area contributed by atoms with Gasteiger partial charge >= 0.3 is 0 Å². The van der Waals surface area contributed by atoms with Gasteiger partial charge in [0.2, 0.25) is 11.0 Å². The van der Waals surface area contributed by atoms with E-state index in [0.717, 1.165) is 6.42 Å². The van der Waals surface area contributed by atoms with Gasteiger partial charge in [0.15, 0.2) is 11.9 Å². The SMILES string of the molecule is [Cl-].[Cl-].c1ccc(Cc2c3ccccc3[nH+]c3ccccc23)[nH+]c1. The maximum absolute atomic E-state index is 3.53. The van der Waals surface area contributed by atoms with Crippen LogP contribution in [0.25, 0.3) is 21.8 Å². The summed E-state index contributed by atoms with van der Waals surface area (Å²) < 4.78 is 0. The van der Waals surface area contributed by atoms with E-state index in [2.05, 4.69) is 70.6 Å². The fourth-order valence-electron chi connectivity index (χ4n) is 2.92. The molecular formula is C19H16Cl2N2. The van der Waals surface area contributed by atoms with E-state index >= 15 is 0 Å². The second-order valence-corrected chi connectivity index (χ2v) is 5.26. The second kappa shape index (κ2) is 7.40. The van der Waals surface area contributed by atoms with Crippen molar-refractivity contribution in [3.63, 3.8) is 0 Å². The Balaban J connectivity index is 0.000000960. The molecule has 0 radical (unpaired) electrons. The molecule has 2 aromatic heterocycles. The first-order valence-electron chi connectivity index (χ1n) is 7.19. The zero-order valence-corrected chi connectivity index (χ0v) is 13.9. The van der Waals surface area contributed by atoms with Gasteiger partial charge in [-0.15, -0.1) is 0 Å². The average Bonchev–Trinajstić information content (AvgIpc) is 2.55. The normalized spacial score (nSPS) is 10.1. The Kier molecular flexibility index (Phi) is 5.54. The van der Waals surface area contributed by atoms with Gasteiger partial charge in [0.1, 0.15) is 0 Å². The van der Waals surface area contributed by atoms with Crippen molar-refractivity contribution >= 4 is 21.8 Å². The Morgan fingerprint density at radius 3 is 1.78 bits per heavy atom. The molecule has 0 aliphatic carbocycles. The molecule has 2 heterocycles. The lowest BCUT2D eigenvalue weighted by Crippen LogP contribution is -3.00. The van der Waals surface area contributed by atoms with Gasteiger partial charge in [-0.2, -0.15) is 0 Å². The predicted octanol–water partition coefficient (Wildman–Crippen LogP) is -2.78. The van der Waals surface area contributed by atoms with Crippen molar-refractivity contribution in [2.24, 2.45) is 0 Å². The van der Waals surface area contributed by atoms with Gasteiger partial charge in [-0.1, -0.05) is 30.3 Å². The molecule has 116 valence electrons. The van der Waals surface area contributed by atoms with Gasteiger partial charge in [0.05, 0.1) is 17.2 Å². The number of fused-ring (bicyclic) bond motifs is 2. The molecule has 0 aliphatic heterocycles. The Labute approximate surface area is 147 Å². The molecule has 0 spiro atoms. The van der Waals surface area contributed by atoms with Crippen LogP contribution in [-0.2, 0) is 6.42 Å². The van der Waals surface area contributed by atoms with E-state index in [-0.39, 0.29) is 24.8 Å².